The van der Waals surface area contributed by atoms with Crippen LogP contribution < -0.4 is 5.73 Å². The molecule has 0 bridgehead atoms. The first-order chi connectivity index (χ1) is 14.6. The van der Waals surface area contributed by atoms with E-state index < -0.39 is 6.04 Å². The zero-order valence-electron chi connectivity index (χ0n) is 17.5. The molecule has 2 heterocycles. The Bertz CT molecular complexity index is 809. The molecule has 1 atom stereocenters. The number of piperidine rings is 1. The fourth-order valence-corrected chi connectivity index (χ4v) is 5.54. The third-order valence-corrected chi connectivity index (χ3v) is 7.42. The molecule has 1 aromatic heterocycles. The van der Waals surface area contributed by atoms with Gasteiger partial charge in [-0.05, 0) is 61.1 Å². The van der Waals surface area contributed by atoms with Gasteiger partial charge in [-0.15, -0.1) is 0 Å². The highest BCUT2D eigenvalue weighted by molar-refractivity contribution is 6.30. The Balaban J connectivity index is 1.40. The van der Waals surface area contributed by atoms with E-state index in [4.69, 9.17) is 17.3 Å². The van der Waals surface area contributed by atoms with E-state index in [1.54, 1.807) is 6.33 Å². The number of amides is 1. The third-order valence-electron chi connectivity index (χ3n) is 7.17. The van der Waals surface area contributed by atoms with Gasteiger partial charge in [-0.25, -0.2) is 4.98 Å². The summed E-state index contributed by atoms with van der Waals surface area (Å²) in [4.78, 5) is 19.1. The van der Waals surface area contributed by atoms with E-state index in [1.165, 1.54) is 32.1 Å². The van der Waals surface area contributed by atoms with Crippen molar-refractivity contribution >= 4 is 17.5 Å². The number of carbonyl (C=O) groups excluding carboxylic acids is 1. The number of likely N-dealkylation sites (tertiary alicyclic amines) is 1. The van der Waals surface area contributed by atoms with E-state index in [2.05, 4.69) is 10.1 Å². The average Bonchev–Trinajstić information content (AvgIpc) is 3.29. The monoisotopic (exact) mass is 429 g/mol. The zero-order valence-corrected chi connectivity index (χ0v) is 18.3. The van der Waals surface area contributed by atoms with Crippen LogP contribution in [0.25, 0.3) is 0 Å². The second-order valence-corrected chi connectivity index (χ2v) is 9.49. The molecule has 0 radical (unpaired) electrons. The number of rotatable bonds is 6. The van der Waals surface area contributed by atoms with Crippen molar-refractivity contribution < 1.29 is 4.79 Å². The molecule has 2 N–H and O–H groups in total. The van der Waals surface area contributed by atoms with Crippen LogP contribution in [-0.2, 0) is 17.8 Å². The minimum absolute atomic E-state index is 0.0583. The minimum atomic E-state index is -0.510. The Morgan fingerprint density at radius 3 is 2.50 bits per heavy atom. The normalized spacial score (nSPS) is 20.8. The molecule has 1 saturated carbocycles. The minimum Gasteiger partial charge on any atom is -0.341 e. The van der Waals surface area contributed by atoms with Crippen LogP contribution in [0.3, 0.4) is 0 Å². The number of benzene rings is 1. The summed E-state index contributed by atoms with van der Waals surface area (Å²) in [6.07, 6.45) is 12.6. The van der Waals surface area contributed by atoms with E-state index in [0.717, 1.165) is 38.0 Å². The maximum atomic E-state index is 13.0. The van der Waals surface area contributed by atoms with Crippen molar-refractivity contribution in [2.24, 2.45) is 17.1 Å². The van der Waals surface area contributed by atoms with Crippen molar-refractivity contribution in [3.8, 4) is 0 Å². The summed E-state index contributed by atoms with van der Waals surface area (Å²) in [7, 11) is 0. The van der Waals surface area contributed by atoms with Gasteiger partial charge in [-0.2, -0.15) is 5.10 Å². The Morgan fingerprint density at radius 2 is 1.87 bits per heavy atom. The van der Waals surface area contributed by atoms with Gasteiger partial charge < -0.3 is 10.6 Å². The molecule has 1 saturated heterocycles. The number of halogens is 1. The van der Waals surface area contributed by atoms with Gasteiger partial charge in [-0.3, -0.25) is 9.48 Å². The lowest BCUT2D eigenvalue weighted by Crippen LogP contribution is -2.52. The predicted octanol–water partition coefficient (Wildman–Crippen LogP) is 3.69. The zero-order chi connectivity index (χ0) is 21.0. The largest absolute Gasteiger partial charge is 0.341 e. The molecule has 2 fully saturated rings. The SMILES string of the molecule is N[C@@H](Cc1ccc(Cl)cc1)C(=O)N1CCC(Cn2cncn2)(C2CCCCC2)CC1. The fraction of sp³-hybridized carbons (Fsp3) is 0.609. The molecule has 2 aliphatic rings. The smallest absolute Gasteiger partial charge is 0.239 e. The summed E-state index contributed by atoms with van der Waals surface area (Å²) in [6, 6.07) is 7.06. The molecular formula is C23H32ClN5O. The quantitative estimate of drug-likeness (QED) is 0.759. The molecule has 6 nitrogen and oxygen atoms in total. The van der Waals surface area contributed by atoms with Crippen molar-refractivity contribution in [1.29, 1.82) is 0 Å². The first-order valence-electron chi connectivity index (χ1n) is 11.2. The van der Waals surface area contributed by atoms with Gasteiger partial charge in [0.1, 0.15) is 12.7 Å². The molecule has 0 spiro atoms. The topological polar surface area (TPSA) is 77.0 Å². The van der Waals surface area contributed by atoms with Crippen LogP contribution in [0.15, 0.2) is 36.9 Å². The Kier molecular flexibility index (Phi) is 6.74. The van der Waals surface area contributed by atoms with Gasteiger partial charge in [0.25, 0.3) is 0 Å². The van der Waals surface area contributed by atoms with Crippen LogP contribution in [0.4, 0.5) is 0 Å². The lowest BCUT2D eigenvalue weighted by atomic mass is 9.63. The molecular weight excluding hydrogens is 398 g/mol. The molecule has 2 aromatic rings. The summed E-state index contributed by atoms with van der Waals surface area (Å²) < 4.78 is 1.98. The highest BCUT2D eigenvalue weighted by atomic mass is 35.5. The molecule has 162 valence electrons. The summed E-state index contributed by atoms with van der Waals surface area (Å²) in [6.45, 7) is 2.45. The summed E-state index contributed by atoms with van der Waals surface area (Å²) >= 11 is 5.96. The second-order valence-electron chi connectivity index (χ2n) is 9.05. The summed E-state index contributed by atoms with van der Waals surface area (Å²) in [5.74, 6) is 0.762. The van der Waals surface area contributed by atoms with Gasteiger partial charge in [-0.1, -0.05) is 43.0 Å². The van der Waals surface area contributed by atoms with Crippen LogP contribution in [0.1, 0.15) is 50.5 Å². The van der Waals surface area contributed by atoms with E-state index in [-0.39, 0.29) is 11.3 Å². The van der Waals surface area contributed by atoms with E-state index in [0.29, 0.717) is 17.4 Å². The maximum absolute atomic E-state index is 13.0. The number of nitrogens with zero attached hydrogens (tertiary/aromatic N) is 4. The third kappa shape index (κ3) is 4.86. The molecule has 1 aliphatic carbocycles. The molecule has 30 heavy (non-hydrogen) atoms. The van der Waals surface area contributed by atoms with Gasteiger partial charge >= 0.3 is 0 Å². The number of hydrogen-bond donors (Lipinski definition) is 1. The highest BCUT2D eigenvalue weighted by Crippen LogP contribution is 2.47. The molecule has 1 aromatic carbocycles. The van der Waals surface area contributed by atoms with Gasteiger partial charge in [0.2, 0.25) is 5.91 Å². The number of carbonyl (C=O) groups is 1. The molecule has 0 unspecified atom stereocenters. The highest BCUT2D eigenvalue weighted by Gasteiger charge is 2.43. The lowest BCUT2D eigenvalue weighted by molar-refractivity contribution is -0.136. The van der Waals surface area contributed by atoms with Crippen molar-refractivity contribution in [2.45, 2.75) is 64.0 Å². The van der Waals surface area contributed by atoms with E-state index in [1.807, 2.05) is 40.2 Å². The van der Waals surface area contributed by atoms with Crippen molar-refractivity contribution in [3.63, 3.8) is 0 Å². The molecule has 1 amide bonds. The molecule has 4 rings (SSSR count). The maximum Gasteiger partial charge on any atom is 0.239 e. The summed E-state index contributed by atoms with van der Waals surface area (Å²) in [5, 5.41) is 5.08. The van der Waals surface area contributed by atoms with Gasteiger partial charge in [0, 0.05) is 24.7 Å². The molecule has 1 aliphatic heterocycles. The van der Waals surface area contributed by atoms with Crippen molar-refractivity contribution in [2.75, 3.05) is 13.1 Å². The first kappa shape index (κ1) is 21.3. The van der Waals surface area contributed by atoms with Crippen LogP contribution in [0.2, 0.25) is 5.02 Å². The van der Waals surface area contributed by atoms with E-state index in [9.17, 15) is 4.79 Å². The lowest BCUT2D eigenvalue weighted by Gasteiger charge is -2.48. The van der Waals surface area contributed by atoms with Crippen LogP contribution in [-0.4, -0.2) is 44.7 Å². The first-order valence-corrected chi connectivity index (χ1v) is 11.5. The standard InChI is InChI=1S/C23H32ClN5O/c24-20-8-6-18(7-9-20)14-21(25)22(30)28-12-10-23(11-13-28,15-29-17-26-16-27-29)19-4-2-1-3-5-19/h6-9,16-17,19,21H,1-5,10-15,25H2/t21-/m0/s1. The summed E-state index contributed by atoms with van der Waals surface area (Å²) in [5.41, 5.74) is 7.53. The Hall–Kier alpha value is -1.92. The van der Waals surface area contributed by atoms with Gasteiger partial charge in [0.15, 0.2) is 0 Å². The number of nitrogens with two attached hydrogens (primary N) is 1. The van der Waals surface area contributed by atoms with Crippen LogP contribution >= 0.6 is 11.6 Å². The number of hydrogen-bond acceptors (Lipinski definition) is 4. The van der Waals surface area contributed by atoms with Crippen molar-refractivity contribution in [1.82, 2.24) is 19.7 Å². The Morgan fingerprint density at radius 1 is 1.17 bits per heavy atom. The van der Waals surface area contributed by atoms with Crippen LogP contribution in [0.5, 0.6) is 0 Å². The molecule has 7 heteroatoms. The number of aromatic nitrogens is 3. The van der Waals surface area contributed by atoms with Crippen LogP contribution in [0, 0.1) is 11.3 Å². The Labute approximate surface area is 183 Å². The average molecular weight is 430 g/mol. The van der Waals surface area contributed by atoms with E-state index >= 15 is 0 Å². The van der Waals surface area contributed by atoms with Crippen molar-refractivity contribution in [3.05, 3.63) is 47.5 Å². The van der Waals surface area contributed by atoms with Gasteiger partial charge in [0.05, 0.1) is 6.04 Å². The fourth-order valence-electron chi connectivity index (χ4n) is 5.42. The second kappa shape index (κ2) is 9.48. The predicted molar refractivity (Wildman–Crippen MR) is 118 cm³/mol.